The molecule has 0 saturated heterocycles. The summed E-state index contributed by atoms with van der Waals surface area (Å²) < 4.78 is 36.0. The summed E-state index contributed by atoms with van der Waals surface area (Å²) in [5.41, 5.74) is 2.80. The van der Waals surface area contributed by atoms with Gasteiger partial charge in [-0.05, 0) is 66.4 Å². The minimum Gasteiger partial charge on any atom is -0.506 e. The number of rotatable bonds is 12. The molecule has 0 heterocycles. The lowest BCUT2D eigenvalue weighted by atomic mass is 9.86. The van der Waals surface area contributed by atoms with Gasteiger partial charge < -0.3 is 25.0 Å². The number of benzene rings is 3. The second kappa shape index (κ2) is 13.5. The highest BCUT2D eigenvalue weighted by atomic mass is 35.5. The van der Waals surface area contributed by atoms with Gasteiger partial charge in [-0.1, -0.05) is 30.3 Å². The third-order valence-corrected chi connectivity index (χ3v) is 6.58. The van der Waals surface area contributed by atoms with Crippen molar-refractivity contribution in [3.8, 4) is 17.2 Å². The Morgan fingerprint density at radius 2 is 1.35 bits per heavy atom. The lowest BCUT2D eigenvalue weighted by Crippen LogP contribution is -2.32. The Kier molecular flexibility index (Phi) is 11.1. The van der Waals surface area contributed by atoms with Gasteiger partial charge in [0.15, 0.2) is 0 Å². The van der Waals surface area contributed by atoms with E-state index in [-0.39, 0.29) is 42.3 Å². The molecule has 0 saturated carbocycles. The number of hydrogen-bond donors (Lipinski definition) is 4. The Morgan fingerprint density at radius 3 is 1.81 bits per heavy atom. The first kappa shape index (κ1) is 30.2. The van der Waals surface area contributed by atoms with E-state index in [1.165, 1.54) is 12.1 Å². The number of anilines is 1. The van der Waals surface area contributed by atoms with Gasteiger partial charge in [0.05, 0.1) is 32.3 Å². The van der Waals surface area contributed by atoms with Crippen molar-refractivity contribution < 1.29 is 28.1 Å². The van der Waals surface area contributed by atoms with E-state index in [4.69, 9.17) is 9.47 Å². The molecule has 37 heavy (non-hydrogen) atoms. The number of phenols is 1. The molecule has 3 aromatic rings. The van der Waals surface area contributed by atoms with E-state index < -0.39 is 16.1 Å². The minimum atomic E-state index is -3.57. The lowest BCUT2D eigenvalue weighted by Gasteiger charge is -2.24. The molecule has 0 bridgehead atoms. The minimum absolute atomic E-state index is 0. The van der Waals surface area contributed by atoms with Gasteiger partial charge in [-0.15, -0.1) is 12.4 Å². The van der Waals surface area contributed by atoms with Crippen LogP contribution in [0.5, 0.6) is 17.2 Å². The highest BCUT2D eigenvalue weighted by Gasteiger charge is 2.20. The van der Waals surface area contributed by atoms with Crippen LogP contribution in [-0.4, -0.2) is 51.7 Å². The molecule has 0 amide bonds. The van der Waals surface area contributed by atoms with Gasteiger partial charge >= 0.3 is 0 Å². The van der Waals surface area contributed by atoms with Gasteiger partial charge in [0.1, 0.15) is 17.2 Å². The lowest BCUT2D eigenvalue weighted by molar-refractivity contribution is 0.169. The average molecular weight is 551 g/mol. The smallest absolute Gasteiger partial charge is 0.229 e. The molecule has 3 aromatic carbocycles. The summed E-state index contributed by atoms with van der Waals surface area (Å²) in [6.07, 6.45) is 0.872. The Hall–Kier alpha value is -2.98. The third kappa shape index (κ3) is 8.82. The van der Waals surface area contributed by atoms with Crippen LogP contribution in [0.15, 0.2) is 66.7 Å². The fourth-order valence-electron chi connectivity index (χ4n) is 4.05. The molecule has 4 N–H and O–H groups in total. The molecule has 0 aromatic heterocycles. The van der Waals surface area contributed by atoms with E-state index in [2.05, 4.69) is 41.2 Å². The number of aromatic hydroxyl groups is 1. The summed E-state index contributed by atoms with van der Waals surface area (Å²) in [6.45, 7) is 2.31. The Labute approximate surface area is 225 Å². The predicted octanol–water partition coefficient (Wildman–Crippen LogP) is 4.44. The molecule has 0 unspecified atom stereocenters. The topological polar surface area (TPSA) is 117 Å². The number of halogens is 1. The number of sulfonamides is 1. The monoisotopic (exact) mass is 550 g/mol. The Balaban J connectivity index is 0.00000481. The van der Waals surface area contributed by atoms with Crippen LogP contribution in [0.3, 0.4) is 0 Å². The summed E-state index contributed by atoms with van der Waals surface area (Å²) in [7, 11) is -0.285. The predicted molar refractivity (Wildman–Crippen MR) is 149 cm³/mol. The molecule has 2 atom stereocenters. The van der Waals surface area contributed by atoms with Crippen molar-refractivity contribution in [2.24, 2.45) is 0 Å². The summed E-state index contributed by atoms with van der Waals surface area (Å²) in [4.78, 5) is 0. The van der Waals surface area contributed by atoms with Crippen LogP contribution in [-0.2, 0) is 10.0 Å². The normalized spacial score (nSPS) is 12.9. The standard InChI is InChI=1S/C27H34N2O6S.ClH/c1-18(28-17-27(31)21-9-14-26(30)25(16-21)29-36(4,32)33)15-24(19-5-10-22(34-2)11-6-19)20-7-12-23(35-3)13-8-20;/h5-14,16,18,24,27-31H,15,17H2,1-4H3;1H/t18-,27-;/m0./s1. The molecule has 0 aliphatic heterocycles. The Morgan fingerprint density at radius 1 is 0.865 bits per heavy atom. The van der Waals surface area contributed by atoms with E-state index in [1.54, 1.807) is 20.3 Å². The van der Waals surface area contributed by atoms with Crippen LogP contribution in [0.1, 0.15) is 42.1 Å². The van der Waals surface area contributed by atoms with E-state index in [0.717, 1.165) is 35.3 Å². The molecule has 3 rings (SSSR count). The van der Waals surface area contributed by atoms with Crippen LogP contribution < -0.4 is 19.5 Å². The van der Waals surface area contributed by atoms with Gasteiger partial charge in [-0.25, -0.2) is 8.42 Å². The largest absolute Gasteiger partial charge is 0.506 e. The first-order valence-corrected chi connectivity index (χ1v) is 13.5. The second-order valence-corrected chi connectivity index (χ2v) is 10.6. The maximum atomic E-state index is 11.5. The molecule has 0 radical (unpaired) electrons. The van der Waals surface area contributed by atoms with Crippen molar-refractivity contribution in [1.82, 2.24) is 5.32 Å². The van der Waals surface area contributed by atoms with E-state index >= 15 is 0 Å². The fourth-order valence-corrected chi connectivity index (χ4v) is 4.61. The summed E-state index contributed by atoms with van der Waals surface area (Å²) in [5.74, 6) is 1.47. The first-order chi connectivity index (χ1) is 17.1. The highest BCUT2D eigenvalue weighted by molar-refractivity contribution is 7.92. The molecule has 202 valence electrons. The first-order valence-electron chi connectivity index (χ1n) is 11.6. The van der Waals surface area contributed by atoms with Crippen molar-refractivity contribution >= 4 is 28.1 Å². The number of ether oxygens (including phenoxy) is 2. The van der Waals surface area contributed by atoms with Gasteiger partial charge in [-0.3, -0.25) is 4.72 Å². The van der Waals surface area contributed by atoms with Crippen molar-refractivity contribution in [3.63, 3.8) is 0 Å². The molecule has 0 spiro atoms. The number of nitrogens with one attached hydrogen (secondary N) is 2. The number of phenolic OH excluding ortho intramolecular Hbond substituents is 1. The van der Waals surface area contributed by atoms with E-state index in [1.807, 2.05) is 24.3 Å². The van der Waals surface area contributed by atoms with Gasteiger partial charge in [0, 0.05) is 18.5 Å². The van der Waals surface area contributed by atoms with E-state index in [9.17, 15) is 18.6 Å². The number of aliphatic hydroxyl groups is 1. The number of hydrogen-bond acceptors (Lipinski definition) is 7. The quantitative estimate of drug-likeness (QED) is 0.246. The van der Waals surface area contributed by atoms with Crippen LogP contribution in [0, 0.1) is 0 Å². The molecule has 0 aliphatic rings. The average Bonchev–Trinajstić information content (AvgIpc) is 2.86. The summed E-state index contributed by atoms with van der Waals surface area (Å²) in [5, 5.41) is 24.0. The van der Waals surface area contributed by atoms with Gasteiger partial charge in [-0.2, -0.15) is 0 Å². The van der Waals surface area contributed by atoms with Crippen LogP contribution in [0.4, 0.5) is 5.69 Å². The molecule has 8 nitrogen and oxygen atoms in total. The molecule has 0 aliphatic carbocycles. The molecular weight excluding hydrogens is 516 g/mol. The molecular formula is C27H35ClN2O6S. The number of methoxy groups -OCH3 is 2. The van der Waals surface area contributed by atoms with Crippen molar-refractivity contribution in [2.45, 2.75) is 31.4 Å². The molecule has 0 fully saturated rings. The van der Waals surface area contributed by atoms with Crippen molar-refractivity contribution in [3.05, 3.63) is 83.4 Å². The van der Waals surface area contributed by atoms with Crippen LogP contribution >= 0.6 is 12.4 Å². The number of aliphatic hydroxyl groups excluding tert-OH is 1. The fraction of sp³-hybridized carbons (Fsp3) is 0.333. The zero-order valence-corrected chi connectivity index (χ0v) is 23.0. The van der Waals surface area contributed by atoms with Crippen LogP contribution in [0.25, 0.3) is 0 Å². The second-order valence-electron chi connectivity index (χ2n) is 8.81. The maximum Gasteiger partial charge on any atom is 0.229 e. The van der Waals surface area contributed by atoms with Gasteiger partial charge in [0.2, 0.25) is 10.0 Å². The highest BCUT2D eigenvalue weighted by Crippen LogP contribution is 2.32. The Bertz CT molecular complexity index is 1190. The van der Waals surface area contributed by atoms with Gasteiger partial charge in [0.25, 0.3) is 0 Å². The van der Waals surface area contributed by atoms with Crippen molar-refractivity contribution in [1.29, 1.82) is 0 Å². The summed E-state index contributed by atoms with van der Waals surface area (Å²) >= 11 is 0. The molecule has 10 heteroatoms. The van der Waals surface area contributed by atoms with Crippen molar-refractivity contribution in [2.75, 3.05) is 31.7 Å². The van der Waals surface area contributed by atoms with E-state index in [0.29, 0.717) is 5.56 Å². The van der Waals surface area contributed by atoms with Crippen LogP contribution in [0.2, 0.25) is 0 Å². The maximum absolute atomic E-state index is 11.5. The SMILES string of the molecule is COc1ccc(C(C[C@H](C)NC[C@H](O)c2ccc(O)c(NS(C)(=O)=O)c2)c2ccc(OC)cc2)cc1.Cl. The zero-order valence-electron chi connectivity index (χ0n) is 21.3. The third-order valence-electron chi connectivity index (χ3n) is 5.99. The summed E-state index contributed by atoms with van der Waals surface area (Å²) in [6, 6.07) is 20.4. The zero-order chi connectivity index (χ0) is 26.3.